The zero-order valence-corrected chi connectivity index (χ0v) is 10.3. The van der Waals surface area contributed by atoms with Crippen LogP contribution in [0.1, 0.15) is 13.3 Å². The number of aliphatic hydroxyl groups is 1. The first kappa shape index (κ1) is 17.0. The van der Waals surface area contributed by atoms with E-state index in [2.05, 4.69) is 5.32 Å². The number of amides is 1. The Morgan fingerprint density at radius 3 is 2.33 bits per heavy atom. The predicted molar refractivity (Wildman–Crippen MR) is 59.2 cm³/mol. The summed E-state index contributed by atoms with van der Waals surface area (Å²) < 4.78 is 35.8. The van der Waals surface area contributed by atoms with Crippen molar-refractivity contribution >= 4 is 23.6 Å². The van der Waals surface area contributed by atoms with Gasteiger partial charge in [0.1, 0.15) is 6.04 Å². The Morgan fingerprint density at radius 2 is 1.94 bits per heavy atom. The number of thioether (sulfide) groups is 1. The number of carbonyl (C=O) groups is 2. The molecule has 0 aromatic heterocycles. The molecule has 0 spiro atoms. The maximum Gasteiger partial charge on any atom is 0.415 e. The molecule has 5 nitrogen and oxygen atoms in total. The summed E-state index contributed by atoms with van der Waals surface area (Å²) in [5.74, 6) is -2.25. The van der Waals surface area contributed by atoms with Gasteiger partial charge in [0.25, 0.3) is 0 Å². The van der Waals surface area contributed by atoms with Crippen molar-refractivity contribution in [2.75, 3.05) is 11.5 Å². The SMILES string of the molecule is CC(=O)NC(CCSCC(O)C(F)(F)F)C(=O)O. The smallest absolute Gasteiger partial charge is 0.415 e. The standard InChI is InChI=1S/C9H14F3NO4S/c1-5(14)13-6(8(16)17)2-3-18-4-7(15)9(10,11)12/h6-7,15H,2-4H2,1H3,(H,13,14)(H,16,17). The van der Waals surface area contributed by atoms with E-state index in [0.29, 0.717) is 0 Å². The Balaban J connectivity index is 3.94. The summed E-state index contributed by atoms with van der Waals surface area (Å²) in [6, 6.07) is -1.13. The molecule has 0 heterocycles. The molecule has 0 rings (SSSR count). The summed E-state index contributed by atoms with van der Waals surface area (Å²) in [5.41, 5.74) is 0. The van der Waals surface area contributed by atoms with Crippen LogP contribution >= 0.6 is 11.8 Å². The van der Waals surface area contributed by atoms with Crippen molar-refractivity contribution in [3.63, 3.8) is 0 Å². The van der Waals surface area contributed by atoms with Gasteiger partial charge in [-0.3, -0.25) is 4.79 Å². The van der Waals surface area contributed by atoms with Crippen molar-refractivity contribution in [2.45, 2.75) is 31.7 Å². The summed E-state index contributed by atoms with van der Waals surface area (Å²) in [6.07, 6.45) is -7.10. The maximum absolute atomic E-state index is 11.9. The largest absolute Gasteiger partial charge is 0.480 e. The van der Waals surface area contributed by atoms with E-state index in [9.17, 15) is 22.8 Å². The minimum Gasteiger partial charge on any atom is -0.480 e. The highest BCUT2D eigenvalue weighted by atomic mass is 32.2. The molecule has 0 aromatic rings. The number of hydrogen-bond acceptors (Lipinski definition) is 4. The second-order valence-corrected chi connectivity index (χ2v) is 4.66. The Labute approximate surface area is 106 Å². The topological polar surface area (TPSA) is 86.6 Å². The van der Waals surface area contributed by atoms with E-state index in [1.54, 1.807) is 0 Å². The van der Waals surface area contributed by atoms with Gasteiger partial charge in [0.15, 0.2) is 6.10 Å². The Hall–Kier alpha value is -0.960. The summed E-state index contributed by atoms with van der Waals surface area (Å²) in [7, 11) is 0. The quantitative estimate of drug-likeness (QED) is 0.598. The van der Waals surface area contributed by atoms with Crippen molar-refractivity contribution < 1.29 is 33.0 Å². The predicted octanol–water partition coefficient (Wildman–Crippen LogP) is 0.622. The van der Waals surface area contributed by atoms with E-state index in [1.165, 1.54) is 0 Å². The summed E-state index contributed by atoms with van der Waals surface area (Å²) >= 11 is 0.776. The first-order valence-electron chi connectivity index (χ1n) is 4.97. The third kappa shape index (κ3) is 7.38. The molecule has 0 bridgehead atoms. The van der Waals surface area contributed by atoms with Crippen LogP contribution in [0, 0.1) is 0 Å². The van der Waals surface area contributed by atoms with Gasteiger partial charge in [-0.15, -0.1) is 0 Å². The number of rotatable bonds is 7. The molecule has 0 saturated carbocycles. The van der Waals surface area contributed by atoms with E-state index in [0.717, 1.165) is 18.7 Å². The highest BCUT2D eigenvalue weighted by Crippen LogP contribution is 2.23. The molecule has 0 saturated heterocycles. The van der Waals surface area contributed by atoms with E-state index in [4.69, 9.17) is 10.2 Å². The fourth-order valence-corrected chi connectivity index (χ4v) is 1.97. The third-order valence-electron chi connectivity index (χ3n) is 1.88. The molecule has 106 valence electrons. The molecule has 1 amide bonds. The lowest BCUT2D eigenvalue weighted by Gasteiger charge is -2.15. The fraction of sp³-hybridized carbons (Fsp3) is 0.778. The van der Waals surface area contributed by atoms with Gasteiger partial charge in [-0.1, -0.05) is 0 Å². The zero-order chi connectivity index (χ0) is 14.3. The first-order valence-corrected chi connectivity index (χ1v) is 6.12. The van der Waals surface area contributed by atoms with Gasteiger partial charge in [-0.2, -0.15) is 24.9 Å². The number of halogens is 3. The van der Waals surface area contributed by atoms with Crippen molar-refractivity contribution in [1.29, 1.82) is 0 Å². The highest BCUT2D eigenvalue weighted by molar-refractivity contribution is 7.99. The molecule has 18 heavy (non-hydrogen) atoms. The molecule has 0 aliphatic heterocycles. The normalized spacial score (nSPS) is 14.9. The van der Waals surface area contributed by atoms with E-state index >= 15 is 0 Å². The van der Waals surface area contributed by atoms with Gasteiger partial charge in [0, 0.05) is 12.7 Å². The van der Waals surface area contributed by atoms with E-state index < -0.39 is 36.0 Å². The second kappa shape index (κ2) is 7.47. The van der Waals surface area contributed by atoms with Crippen LogP contribution in [-0.2, 0) is 9.59 Å². The molecule has 0 aliphatic rings. The summed E-state index contributed by atoms with van der Waals surface area (Å²) in [5, 5.41) is 19.5. The van der Waals surface area contributed by atoms with Crippen LogP contribution in [0.5, 0.6) is 0 Å². The number of carbonyl (C=O) groups excluding carboxylic acids is 1. The number of alkyl halides is 3. The van der Waals surface area contributed by atoms with Crippen LogP contribution in [0.4, 0.5) is 13.2 Å². The number of aliphatic hydroxyl groups excluding tert-OH is 1. The van der Waals surface area contributed by atoms with Crippen LogP contribution in [0.25, 0.3) is 0 Å². The highest BCUT2D eigenvalue weighted by Gasteiger charge is 2.37. The van der Waals surface area contributed by atoms with Gasteiger partial charge in [-0.05, 0) is 12.2 Å². The molecular formula is C9H14F3NO4S. The average molecular weight is 289 g/mol. The van der Waals surface area contributed by atoms with Crippen LogP contribution in [0.15, 0.2) is 0 Å². The molecule has 0 aliphatic carbocycles. The van der Waals surface area contributed by atoms with E-state index in [-0.39, 0.29) is 12.2 Å². The van der Waals surface area contributed by atoms with Crippen molar-refractivity contribution in [3.05, 3.63) is 0 Å². The van der Waals surface area contributed by atoms with Crippen LogP contribution in [0.3, 0.4) is 0 Å². The Bertz CT molecular complexity index is 298. The monoisotopic (exact) mass is 289 g/mol. The Morgan fingerprint density at radius 1 is 1.39 bits per heavy atom. The lowest BCUT2D eigenvalue weighted by atomic mass is 10.2. The van der Waals surface area contributed by atoms with E-state index in [1.807, 2.05) is 0 Å². The minimum atomic E-state index is -4.67. The van der Waals surface area contributed by atoms with Crippen molar-refractivity contribution in [2.24, 2.45) is 0 Å². The molecule has 0 aromatic carbocycles. The Kier molecular flexibility index (Phi) is 7.07. The molecule has 0 fully saturated rings. The molecule has 9 heteroatoms. The second-order valence-electron chi connectivity index (χ2n) is 3.51. The molecular weight excluding hydrogens is 275 g/mol. The fourth-order valence-electron chi connectivity index (χ4n) is 0.993. The van der Waals surface area contributed by atoms with Crippen LogP contribution in [-0.4, -0.2) is 51.9 Å². The lowest BCUT2D eigenvalue weighted by molar-refractivity contribution is -0.195. The summed E-state index contributed by atoms with van der Waals surface area (Å²) in [4.78, 5) is 21.3. The summed E-state index contributed by atoms with van der Waals surface area (Å²) in [6.45, 7) is 1.15. The van der Waals surface area contributed by atoms with Crippen molar-refractivity contribution in [1.82, 2.24) is 5.32 Å². The number of aliphatic carboxylic acids is 1. The third-order valence-corrected chi connectivity index (χ3v) is 2.96. The zero-order valence-electron chi connectivity index (χ0n) is 9.53. The number of carboxylic acid groups (broad SMARTS) is 1. The van der Waals surface area contributed by atoms with Crippen LogP contribution in [0.2, 0.25) is 0 Å². The number of nitrogens with one attached hydrogen (secondary N) is 1. The van der Waals surface area contributed by atoms with Gasteiger partial charge in [-0.25, -0.2) is 4.79 Å². The van der Waals surface area contributed by atoms with Gasteiger partial charge < -0.3 is 15.5 Å². The lowest BCUT2D eigenvalue weighted by Crippen LogP contribution is -2.40. The number of carboxylic acids is 1. The van der Waals surface area contributed by atoms with Crippen LogP contribution < -0.4 is 5.32 Å². The van der Waals surface area contributed by atoms with Crippen molar-refractivity contribution in [3.8, 4) is 0 Å². The molecule has 2 atom stereocenters. The molecule has 0 radical (unpaired) electrons. The maximum atomic E-state index is 11.9. The average Bonchev–Trinajstić information content (AvgIpc) is 2.19. The van der Waals surface area contributed by atoms with Gasteiger partial charge in [0.05, 0.1) is 0 Å². The van der Waals surface area contributed by atoms with Gasteiger partial charge >= 0.3 is 12.1 Å². The molecule has 3 N–H and O–H groups in total. The minimum absolute atomic E-state index is 0.00976. The molecule has 2 unspecified atom stereocenters. The van der Waals surface area contributed by atoms with Gasteiger partial charge in [0.2, 0.25) is 5.91 Å². The first-order chi connectivity index (χ1) is 8.14. The number of hydrogen-bond donors (Lipinski definition) is 3.